The van der Waals surface area contributed by atoms with E-state index in [0.717, 1.165) is 0 Å². The average Bonchev–Trinajstić information content (AvgIpc) is 2.87. The maximum atomic E-state index is 11.7. The molecule has 1 fully saturated rings. The van der Waals surface area contributed by atoms with Crippen LogP contribution in [0.2, 0.25) is 0 Å². The van der Waals surface area contributed by atoms with Gasteiger partial charge < -0.3 is 19.9 Å². The SMILES string of the molecule is COC(=O)CC[C@H](NC(=O)C1CCOC1)C(=O)O. The van der Waals surface area contributed by atoms with E-state index in [-0.39, 0.29) is 24.7 Å². The first-order valence-electron chi connectivity index (χ1n) is 5.72. The van der Waals surface area contributed by atoms with Crippen molar-refractivity contribution < 1.29 is 29.0 Å². The third-order valence-electron chi connectivity index (χ3n) is 2.78. The number of carbonyl (C=O) groups excluding carboxylic acids is 2. The fourth-order valence-corrected chi connectivity index (χ4v) is 1.65. The van der Waals surface area contributed by atoms with Gasteiger partial charge in [0.1, 0.15) is 6.04 Å². The van der Waals surface area contributed by atoms with Gasteiger partial charge in [-0.05, 0) is 12.8 Å². The zero-order valence-corrected chi connectivity index (χ0v) is 10.2. The number of hydrogen-bond acceptors (Lipinski definition) is 5. The van der Waals surface area contributed by atoms with E-state index in [2.05, 4.69) is 10.1 Å². The quantitative estimate of drug-likeness (QED) is 0.626. The molecule has 1 saturated heterocycles. The average molecular weight is 259 g/mol. The number of methoxy groups -OCH3 is 1. The fourth-order valence-electron chi connectivity index (χ4n) is 1.65. The monoisotopic (exact) mass is 259 g/mol. The molecule has 2 N–H and O–H groups in total. The Morgan fingerprint density at radius 1 is 1.50 bits per heavy atom. The van der Waals surface area contributed by atoms with E-state index in [0.29, 0.717) is 19.6 Å². The lowest BCUT2D eigenvalue weighted by atomic mass is 10.1. The van der Waals surface area contributed by atoms with Crippen molar-refractivity contribution in [2.75, 3.05) is 20.3 Å². The molecule has 7 nitrogen and oxygen atoms in total. The normalized spacial score (nSPS) is 20.2. The zero-order valence-electron chi connectivity index (χ0n) is 10.2. The smallest absolute Gasteiger partial charge is 0.326 e. The Bertz CT molecular complexity index is 323. The summed E-state index contributed by atoms with van der Waals surface area (Å²) in [6.07, 6.45) is 0.561. The minimum Gasteiger partial charge on any atom is -0.480 e. The molecule has 2 atom stereocenters. The van der Waals surface area contributed by atoms with Crippen molar-refractivity contribution in [1.82, 2.24) is 5.32 Å². The predicted octanol–water partition coefficient (Wildman–Crippen LogP) is -0.454. The summed E-state index contributed by atoms with van der Waals surface area (Å²) in [6.45, 7) is 0.827. The first-order chi connectivity index (χ1) is 8.54. The predicted molar refractivity (Wildman–Crippen MR) is 59.7 cm³/mol. The summed E-state index contributed by atoms with van der Waals surface area (Å²) in [7, 11) is 1.23. The van der Waals surface area contributed by atoms with Gasteiger partial charge in [0.15, 0.2) is 0 Å². The molecule has 1 amide bonds. The Kier molecular flexibility index (Phi) is 5.57. The van der Waals surface area contributed by atoms with Crippen molar-refractivity contribution >= 4 is 17.8 Å². The Morgan fingerprint density at radius 2 is 2.22 bits per heavy atom. The molecule has 1 unspecified atom stereocenters. The first-order valence-corrected chi connectivity index (χ1v) is 5.72. The van der Waals surface area contributed by atoms with Crippen LogP contribution in [0, 0.1) is 5.92 Å². The number of rotatable bonds is 6. The summed E-state index contributed by atoms with van der Waals surface area (Å²) in [4.78, 5) is 33.6. The minimum absolute atomic E-state index is 0.0152. The van der Waals surface area contributed by atoms with Crippen molar-refractivity contribution in [1.29, 1.82) is 0 Å². The molecule has 0 aliphatic carbocycles. The molecule has 0 spiro atoms. The molecule has 1 rings (SSSR count). The van der Waals surface area contributed by atoms with Crippen molar-refractivity contribution in [3.63, 3.8) is 0 Å². The standard InChI is InChI=1S/C11H17NO6/c1-17-9(13)3-2-8(11(15)16)12-10(14)7-4-5-18-6-7/h7-8H,2-6H2,1H3,(H,12,14)(H,15,16)/t7?,8-/m0/s1. The number of carbonyl (C=O) groups is 3. The van der Waals surface area contributed by atoms with Gasteiger partial charge in [-0.15, -0.1) is 0 Å². The fraction of sp³-hybridized carbons (Fsp3) is 0.727. The van der Waals surface area contributed by atoms with Gasteiger partial charge in [0.25, 0.3) is 0 Å². The van der Waals surface area contributed by atoms with Crippen molar-refractivity contribution in [2.24, 2.45) is 5.92 Å². The van der Waals surface area contributed by atoms with Gasteiger partial charge in [0.2, 0.25) is 5.91 Å². The van der Waals surface area contributed by atoms with Crippen LogP contribution in [0.15, 0.2) is 0 Å². The lowest BCUT2D eigenvalue weighted by Gasteiger charge is -2.16. The van der Waals surface area contributed by atoms with E-state index >= 15 is 0 Å². The highest BCUT2D eigenvalue weighted by atomic mass is 16.5. The van der Waals surface area contributed by atoms with E-state index in [1.54, 1.807) is 0 Å². The molecular weight excluding hydrogens is 242 g/mol. The number of carboxylic acid groups (broad SMARTS) is 1. The molecule has 0 aromatic carbocycles. The second kappa shape index (κ2) is 6.95. The maximum Gasteiger partial charge on any atom is 0.326 e. The van der Waals surface area contributed by atoms with Crippen LogP contribution < -0.4 is 5.32 Å². The van der Waals surface area contributed by atoms with Crippen molar-refractivity contribution in [3.05, 3.63) is 0 Å². The molecule has 0 aromatic heterocycles. The largest absolute Gasteiger partial charge is 0.480 e. The second-order valence-electron chi connectivity index (χ2n) is 4.07. The van der Waals surface area contributed by atoms with Crippen LogP contribution in [0.25, 0.3) is 0 Å². The highest BCUT2D eigenvalue weighted by molar-refractivity contribution is 5.85. The number of hydrogen-bond donors (Lipinski definition) is 2. The lowest BCUT2D eigenvalue weighted by Crippen LogP contribution is -2.44. The third kappa shape index (κ3) is 4.33. The number of aliphatic carboxylic acids is 1. The van der Waals surface area contributed by atoms with Gasteiger partial charge in [-0.2, -0.15) is 0 Å². The van der Waals surface area contributed by atoms with E-state index in [1.807, 2.05) is 0 Å². The second-order valence-corrected chi connectivity index (χ2v) is 4.07. The number of carboxylic acids is 1. The highest BCUT2D eigenvalue weighted by Gasteiger charge is 2.28. The van der Waals surface area contributed by atoms with Gasteiger partial charge in [0.05, 0.1) is 19.6 Å². The third-order valence-corrected chi connectivity index (χ3v) is 2.78. The van der Waals surface area contributed by atoms with E-state index in [9.17, 15) is 14.4 Å². The van der Waals surface area contributed by atoms with Crippen LogP contribution in [-0.4, -0.2) is 49.3 Å². The van der Waals surface area contributed by atoms with Crippen LogP contribution >= 0.6 is 0 Å². The Labute approximate surface area is 104 Å². The molecule has 0 bridgehead atoms. The number of ether oxygens (including phenoxy) is 2. The number of nitrogens with one attached hydrogen (secondary N) is 1. The van der Waals surface area contributed by atoms with Gasteiger partial charge in [-0.1, -0.05) is 0 Å². The van der Waals surface area contributed by atoms with Gasteiger partial charge in [0, 0.05) is 13.0 Å². The Balaban J connectivity index is 2.44. The minimum atomic E-state index is -1.16. The van der Waals surface area contributed by atoms with Crippen LogP contribution in [0.4, 0.5) is 0 Å². The van der Waals surface area contributed by atoms with Crippen LogP contribution in [-0.2, 0) is 23.9 Å². The molecule has 1 aliphatic heterocycles. The van der Waals surface area contributed by atoms with E-state index in [4.69, 9.17) is 9.84 Å². The first kappa shape index (κ1) is 14.4. The van der Waals surface area contributed by atoms with Crippen molar-refractivity contribution in [3.8, 4) is 0 Å². The number of amides is 1. The molecular formula is C11H17NO6. The number of esters is 1. The van der Waals surface area contributed by atoms with Crippen molar-refractivity contribution in [2.45, 2.75) is 25.3 Å². The van der Waals surface area contributed by atoms with Gasteiger partial charge >= 0.3 is 11.9 Å². The molecule has 0 aromatic rings. The van der Waals surface area contributed by atoms with Gasteiger partial charge in [-0.3, -0.25) is 9.59 Å². The molecule has 7 heteroatoms. The van der Waals surface area contributed by atoms with E-state index in [1.165, 1.54) is 7.11 Å². The zero-order chi connectivity index (χ0) is 13.5. The molecule has 1 aliphatic rings. The molecule has 0 radical (unpaired) electrons. The van der Waals surface area contributed by atoms with Crippen LogP contribution in [0.3, 0.4) is 0 Å². The molecule has 0 saturated carbocycles. The summed E-state index contributed by atoms with van der Waals surface area (Å²) >= 11 is 0. The molecule has 18 heavy (non-hydrogen) atoms. The highest BCUT2D eigenvalue weighted by Crippen LogP contribution is 2.13. The van der Waals surface area contributed by atoms with E-state index < -0.39 is 18.0 Å². The lowest BCUT2D eigenvalue weighted by molar-refractivity contribution is -0.144. The summed E-state index contributed by atoms with van der Waals surface area (Å²) in [5.41, 5.74) is 0. The van der Waals surface area contributed by atoms with Gasteiger partial charge in [-0.25, -0.2) is 4.79 Å². The molecule has 102 valence electrons. The summed E-state index contributed by atoms with van der Waals surface area (Å²) in [6, 6.07) is -1.07. The summed E-state index contributed by atoms with van der Waals surface area (Å²) < 4.78 is 9.47. The van der Waals surface area contributed by atoms with Crippen LogP contribution in [0.1, 0.15) is 19.3 Å². The Morgan fingerprint density at radius 3 is 2.72 bits per heavy atom. The topological polar surface area (TPSA) is 102 Å². The van der Waals surface area contributed by atoms with Crippen LogP contribution in [0.5, 0.6) is 0 Å². The summed E-state index contributed by atoms with van der Waals surface area (Å²) in [5.74, 6) is -2.30. The maximum absolute atomic E-state index is 11.7. The Hall–Kier alpha value is -1.63. The molecule has 1 heterocycles. The summed E-state index contributed by atoms with van der Waals surface area (Å²) in [5, 5.41) is 11.4.